The lowest BCUT2D eigenvalue weighted by Crippen LogP contribution is -2.25. The smallest absolute Gasteiger partial charge is 0.123 e. The van der Waals surface area contributed by atoms with Crippen LogP contribution in [0, 0.1) is 12.7 Å². The van der Waals surface area contributed by atoms with E-state index in [0.29, 0.717) is 0 Å². The molecule has 0 amide bonds. The van der Waals surface area contributed by atoms with Crippen LogP contribution in [0.4, 0.5) is 10.1 Å². The van der Waals surface area contributed by atoms with Crippen LogP contribution in [-0.4, -0.2) is 19.3 Å². The van der Waals surface area contributed by atoms with E-state index in [1.165, 1.54) is 12.1 Å². The maximum absolute atomic E-state index is 12.9. The number of aryl methyl sites for hydroxylation is 1. The third-order valence-corrected chi connectivity index (χ3v) is 2.78. The highest BCUT2D eigenvalue weighted by atomic mass is 19.1. The van der Waals surface area contributed by atoms with Crippen LogP contribution in [0.25, 0.3) is 0 Å². The number of nitrogens with one attached hydrogen (secondary N) is 1. The molecule has 0 unspecified atom stereocenters. The van der Waals surface area contributed by atoms with Crippen LogP contribution in [0.15, 0.2) is 18.2 Å². The van der Waals surface area contributed by atoms with Crippen LogP contribution < -0.4 is 5.32 Å². The fraction of sp³-hybridized carbons (Fsp3) is 0.538. The zero-order chi connectivity index (χ0) is 12.2. The van der Waals surface area contributed by atoms with Crippen molar-refractivity contribution in [3.05, 3.63) is 29.6 Å². The lowest BCUT2D eigenvalue weighted by molar-refractivity contribution is 0.0185. The molecule has 16 heavy (non-hydrogen) atoms. The fourth-order valence-corrected chi connectivity index (χ4v) is 1.43. The number of ether oxygens (including phenoxy) is 1. The Labute approximate surface area is 96.8 Å². The Morgan fingerprint density at radius 1 is 1.38 bits per heavy atom. The first-order chi connectivity index (χ1) is 7.44. The van der Waals surface area contributed by atoms with E-state index in [1.54, 1.807) is 13.2 Å². The molecule has 0 aliphatic carbocycles. The van der Waals surface area contributed by atoms with Crippen LogP contribution in [0.2, 0.25) is 0 Å². The fourth-order valence-electron chi connectivity index (χ4n) is 1.43. The van der Waals surface area contributed by atoms with Gasteiger partial charge in [-0.1, -0.05) is 0 Å². The van der Waals surface area contributed by atoms with E-state index in [9.17, 15) is 4.39 Å². The van der Waals surface area contributed by atoms with Crippen molar-refractivity contribution in [3.8, 4) is 0 Å². The van der Waals surface area contributed by atoms with Crippen molar-refractivity contribution in [3.63, 3.8) is 0 Å². The molecule has 0 radical (unpaired) electrons. The van der Waals surface area contributed by atoms with Crippen LogP contribution in [0.1, 0.15) is 25.8 Å². The first-order valence-corrected chi connectivity index (χ1v) is 5.50. The molecule has 0 bridgehead atoms. The minimum Gasteiger partial charge on any atom is -0.385 e. The summed E-state index contributed by atoms with van der Waals surface area (Å²) in [4.78, 5) is 0. The standard InChI is InChI=1S/C13H20FNO/c1-10-9-11(14)5-6-12(10)15-8-7-13(2,3)16-4/h5-6,9,15H,7-8H2,1-4H3. The van der Waals surface area contributed by atoms with Crippen molar-refractivity contribution < 1.29 is 9.13 Å². The van der Waals surface area contributed by atoms with Gasteiger partial charge in [0, 0.05) is 19.3 Å². The molecule has 1 N–H and O–H groups in total. The lowest BCUT2D eigenvalue weighted by atomic mass is 10.1. The van der Waals surface area contributed by atoms with Gasteiger partial charge in [0.2, 0.25) is 0 Å². The van der Waals surface area contributed by atoms with E-state index in [2.05, 4.69) is 5.32 Å². The van der Waals surface area contributed by atoms with Gasteiger partial charge in [0.15, 0.2) is 0 Å². The van der Waals surface area contributed by atoms with Gasteiger partial charge in [-0.05, 0) is 51.0 Å². The highest BCUT2D eigenvalue weighted by molar-refractivity contribution is 5.50. The Hall–Kier alpha value is -1.09. The molecule has 0 aliphatic heterocycles. The third-order valence-electron chi connectivity index (χ3n) is 2.78. The second-order valence-corrected chi connectivity index (χ2v) is 4.60. The van der Waals surface area contributed by atoms with Gasteiger partial charge in [0.25, 0.3) is 0 Å². The second kappa shape index (κ2) is 5.30. The summed E-state index contributed by atoms with van der Waals surface area (Å²) in [6.07, 6.45) is 0.903. The van der Waals surface area contributed by atoms with E-state index in [0.717, 1.165) is 24.2 Å². The lowest BCUT2D eigenvalue weighted by Gasteiger charge is -2.23. The van der Waals surface area contributed by atoms with Gasteiger partial charge in [0.05, 0.1) is 5.60 Å². The first kappa shape index (κ1) is 13.0. The van der Waals surface area contributed by atoms with Crippen molar-refractivity contribution in [1.82, 2.24) is 0 Å². The largest absolute Gasteiger partial charge is 0.385 e. The molecule has 2 nitrogen and oxygen atoms in total. The average molecular weight is 225 g/mol. The number of methoxy groups -OCH3 is 1. The highest BCUT2D eigenvalue weighted by Crippen LogP contribution is 2.17. The van der Waals surface area contributed by atoms with Gasteiger partial charge in [-0.3, -0.25) is 0 Å². The Kier molecular flexibility index (Phi) is 4.30. The Bertz CT molecular complexity index is 350. The van der Waals surface area contributed by atoms with Crippen molar-refractivity contribution in [2.75, 3.05) is 19.0 Å². The Balaban J connectivity index is 2.49. The number of hydrogen-bond donors (Lipinski definition) is 1. The number of benzene rings is 1. The quantitative estimate of drug-likeness (QED) is 0.829. The monoisotopic (exact) mass is 225 g/mol. The van der Waals surface area contributed by atoms with Gasteiger partial charge in [0.1, 0.15) is 5.82 Å². The van der Waals surface area contributed by atoms with Crippen LogP contribution in [0.5, 0.6) is 0 Å². The minimum absolute atomic E-state index is 0.124. The van der Waals surface area contributed by atoms with Crippen molar-refractivity contribution in [2.45, 2.75) is 32.8 Å². The van der Waals surface area contributed by atoms with Gasteiger partial charge in [-0.25, -0.2) is 4.39 Å². The van der Waals surface area contributed by atoms with Gasteiger partial charge >= 0.3 is 0 Å². The summed E-state index contributed by atoms with van der Waals surface area (Å²) >= 11 is 0. The predicted octanol–water partition coefficient (Wildman–Crippen LogP) is 3.36. The molecular weight excluding hydrogens is 205 g/mol. The van der Waals surface area contributed by atoms with Crippen molar-refractivity contribution in [1.29, 1.82) is 0 Å². The minimum atomic E-state index is -0.194. The molecular formula is C13H20FNO. The van der Waals surface area contributed by atoms with Gasteiger partial charge < -0.3 is 10.1 Å². The molecule has 0 saturated carbocycles. The molecule has 0 atom stereocenters. The molecule has 0 aromatic heterocycles. The van der Waals surface area contributed by atoms with Gasteiger partial charge in [-0.2, -0.15) is 0 Å². The number of halogens is 1. The van der Waals surface area contributed by atoms with E-state index < -0.39 is 0 Å². The second-order valence-electron chi connectivity index (χ2n) is 4.60. The predicted molar refractivity (Wildman–Crippen MR) is 65.3 cm³/mol. The Morgan fingerprint density at radius 3 is 2.62 bits per heavy atom. The normalized spacial score (nSPS) is 11.6. The summed E-state index contributed by atoms with van der Waals surface area (Å²) in [5.74, 6) is -0.194. The van der Waals surface area contributed by atoms with E-state index in [-0.39, 0.29) is 11.4 Å². The molecule has 0 saturated heterocycles. The summed E-state index contributed by atoms with van der Waals surface area (Å²) in [6.45, 7) is 6.80. The van der Waals surface area contributed by atoms with Crippen LogP contribution in [-0.2, 0) is 4.74 Å². The molecule has 0 fully saturated rings. The molecule has 90 valence electrons. The summed E-state index contributed by atoms with van der Waals surface area (Å²) in [5, 5.41) is 3.28. The molecule has 1 rings (SSSR count). The molecule has 0 spiro atoms. The molecule has 0 heterocycles. The van der Waals surface area contributed by atoms with Crippen molar-refractivity contribution in [2.24, 2.45) is 0 Å². The number of rotatable bonds is 5. The number of hydrogen-bond acceptors (Lipinski definition) is 2. The van der Waals surface area contributed by atoms with Gasteiger partial charge in [-0.15, -0.1) is 0 Å². The third kappa shape index (κ3) is 3.81. The summed E-state index contributed by atoms with van der Waals surface area (Å²) in [5.41, 5.74) is 1.78. The van der Waals surface area contributed by atoms with E-state index >= 15 is 0 Å². The average Bonchev–Trinajstić information content (AvgIpc) is 2.21. The first-order valence-electron chi connectivity index (χ1n) is 5.50. The number of anilines is 1. The SMILES string of the molecule is COC(C)(C)CCNc1ccc(F)cc1C. The van der Waals surface area contributed by atoms with Crippen LogP contribution in [0.3, 0.4) is 0 Å². The summed E-state index contributed by atoms with van der Waals surface area (Å²) < 4.78 is 18.2. The molecule has 3 heteroatoms. The topological polar surface area (TPSA) is 21.3 Å². The summed E-state index contributed by atoms with van der Waals surface area (Å²) in [6, 6.07) is 4.77. The summed E-state index contributed by atoms with van der Waals surface area (Å²) in [7, 11) is 1.71. The maximum Gasteiger partial charge on any atom is 0.123 e. The molecule has 1 aromatic rings. The Morgan fingerprint density at radius 2 is 2.06 bits per heavy atom. The molecule has 1 aromatic carbocycles. The van der Waals surface area contributed by atoms with Crippen molar-refractivity contribution >= 4 is 5.69 Å². The zero-order valence-corrected chi connectivity index (χ0v) is 10.4. The molecule has 0 aliphatic rings. The zero-order valence-electron chi connectivity index (χ0n) is 10.4. The maximum atomic E-state index is 12.9. The highest BCUT2D eigenvalue weighted by Gasteiger charge is 2.15. The van der Waals surface area contributed by atoms with E-state index in [4.69, 9.17) is 4.74 Å². The van der Waals surface area contributed by atoms with E-state index in [1.807, 2.05) is 20.8 Å². The van der Waals surface area contributed by atoms with Crippen LogP contribution >= 0.6 is 0 Å².